The third kappa shape index (κ3) is 4.66. The van der Waals surface area contributed by atoms with Crippen LogP contribution in [0.25, 0.3) is 0 Å². The van der Waals surface area contributed by atoms with Crippen molar-refractivity contribution in [2.24, 2.45) is 0 Å². The molecule has 1 unspecified atom stereocenters. The Labute approximate surface area is 159 Å². The predicted octanol–water partition coefficient (Wildman–Crippen LogP) is 0.448. The van der Waals surface area contributed by atoms with Crippen molar-refractivity contribution in [3.8, 4) is 0 Å². The van der Waals surface area contributed by atoms with Gasteiger partial charge in [-0.15, -0.1) is 0 Å². The summed E-state index contributed by atoms with van der Waals surface area (Å²) in [5, 5.41) is 2.80. The molecule has 1 atom stereocenters. The second kappa shape index (κ2) is 8.37. The Morgan fingerprint density at radius 1 is 1.22 bits per heavy atom. The minimum absolute atomic E-state index is 0.0263. The van der Waals surface area contributed by atoms with Crippen LogP contribution in [0.15, 0.2) is 29.2 Å². The number of nitrogens with zero attached hydrogens (tertiary/aromatic N) is 2. The van der Waals surface area contributed by atoms with Crippen LogP contribution in [0.2, 0.25) is 0 Å². The molecule has 2 fully saturated rings. The summed E-state index contributed by atoms with van der Waals surface area (Å²) in [5.41, 5.74) is 0.302. The lowest BCUT2D eigenvalue weighted by Crippen LogP contribution is -2.49. The van der Waals surface area contributed by atoms with E-state index in [0.717, 1.165) is 12.8 Å². The van der Waals surface area contributed by atoms with Crippen LogP contribution in [0.4, 0.5) is 0 Å². The fourth-order valence-electron chi connectivity index (χ4n) is 3.30. The first-order valence-corrected chi connectivity index (χ1v) is 10.6. The van der Waals surface area contributed by atoms with Gasteiger partial charge >= 0.3 is 0 Å². The monoisotopic (exact) mass is 395 g/mol. The van der Waals surface area contributed by atoms with Gasteiger partial charge in [-0.05, 0) is 31.0 Å². The highest BCUT2D eigenvalue weighted by Gasteiger charge is 2.29. The minimum atomic E-state index is -3.71. The topological polar surface area (TPSA) is 96.0 Å². The molecule has 1 aromatic rings. The van der Waals surface area contributed by atoms with Crippen LogP contribution >= 0.6 is 0 Å². The van der Waals surface area contributed by atoms with Crippen LogP contribution in [-0.2, 0) is 19.6 Å². The van der Waals surface area contributed by atoms with Gasteiger partial charge in [0.1, 0.15) is 0 Å². The van der Waals surface area contributed by atoms with E-state index < -0.39 is 10.0 Å². The number of nitrogens with one attached hydrogen (secondary N) is 1. The highest BCUT2D eigenvalue weighted by molar-refractivity contribution is 7.89. The molecule has 2 aliphatic heterocycles. The Balaban J connectivity index is 1.66. The zero-order chi connectivity index (χ0) is 19.4. The maximum Gasteiger partial charge on any atom is 0.251 e. The molecule has 2 amide bonds. The Hall–Kier alpha value is -1.97. The van der Waals surface area contributed by atoms with Crippen LogP contribution in [0.3, 0.4) is 0 Å². The van der Waals surface area contributed by atoms with Crippen molar-refractivity contribution in [2.75, 3.05) is 39.3 Å². The average Bonchev–Trinajstić information content (AvgIpc) is 3.20. The first kappa shape index (κ1) is 19.8. The van der Waals surface area contributed by atoms with Crippen LogP contribution in [0.5, 0.6) is 0 Å². The predicted molar refractivity (Wildman–Crippen MR) is 98.8 cm³/mol. The van der Waals surface area contributed by atoms with Crippen molar-refractivity contribution in [3.63, 3.8) is 0 Å². The maximum absolute atomic E-state index is 12.9. The number of ether oxygens (including phenoxy) is 1. The molecule has 2 heterocycles. The van der Waals surface area contributed by atoms with E-state index in [4.69, 9.17) is 4.74 Å². The van der Waals surface area contributed by atoms with Crippen LogP contribution in [-0.4, -0.2) is 74.9 Å². The van der Waals surface area contributed by atoms with Crippen LogP contribution in [0, 0.1) is 0 Å². The fourth-order valence-corrected chi connectivity index (χ4v) is 4.77. The van der Waals surface area contributed by atoms with Gasteiger partial charge in [0, 0.05) is 51.8 Å². The van der Waals surface area contributed by atoms with Gasteiger partial charge < -0.3 is 15.0 Å². The van der Waals surface area contributed by atoms with Crippen LogP contribution in [0.1, 0.15) is 30.1 Å². The van der Waals surface area contributed by atoms with E-state index in [9.17, 15) is 18.0 Å². The lowest BCUT2D eigenvalue weighted by atomic mass is 10.2. The third-order valence-electron chi connectivity index (χ3n) is 4.93. The minimum Gasteiger partial charge on any atom is -0.376 e. The summed E-state index contributed by atoms with van der Waals surface area (Å²) in [5.74, 6) is -0.374. The van der Waals surface area contributed by atoms with Gasteiger partial charge in [-0.2, -0.15) is 4.31 Å². The Kier molecular flexibility index (Phi) is 6.13. The van der Waals surface area contributed by atoms with Crippen molar-refractivity contribution < 1.29 is 22.7 Å². The summed E-state index contributed by atoms with van der Waals surface area (Å²) < 4.78 is 32.6. The van der Waals surface area contributed by atoms with E-state index in [1.807, 2.05) is 0 Å². The molecule has 0 aliphatic carbocycles. The Morgan fingerprint density at radius 3 is 2.59 bits per heavy atom. The maximum atomic E-state index is 12.9. The molecule has 0 spiro atoms. The number of hydrogen-bond donors (Lipinski definition) is 1. The lowest BCUT2D eigenvalue weighted by molar-refractivity contribution is -0.129. The molecule has 3 rings (SSSR count). The number of sulfonamides is 1. The largest absolute Gasteiger partial charge is 0.376 e. The van der Waals surface area contributed by atoms with Gasteiger partial charge in [0.05, 0.1) is 11.0 Å². The fraction of sp³-hybridized carbons (Fsp3) is 0.556. The van der Waals surface area contributed by atoms with E-state index in [-0.39, 0.29) is 35.9 Å². The summed E-state index contributed by atoms with van der Waals surface area (Å²) in [6.07, 6.45) is 1.94. The van der Waals surface area contributed by atoms with Crippen molar-refractivity contribution in [1.29, 1.82) is 0 Å². The molecule has 2 aliphatic rings. The number of carbonyl (C=O) groups is 2. The van der Waals surface area contributed by atoms with Gasteiger partial charge in [-0.1, -0.05) is 6.07 Å². The number of amides is 2. The quantitative estimate of drug-likeness (QED) is 0.781. The Bertz CT molecular complexity index is 797. The summed E-state index contributed by atoms with van der Waals surface area (Å²) in [6, 6.07) is 6.05. The molecule has 148 valence electrons. The molecule has 1 N–H and O–H groups in total. The van der Waals surface area contributed by atoms with Gasteiger partial charge in [-0.25, -0.2) is 8.42 Å². The molecule has 0 aromatic heterocycles. The first-order chi connectivity index (χ1) is 12.9. The van der Waals surface area contributed by atoms with Crippen molar-refractivity contribution in [1.82, 2.24) is 14.5 Å². The van der Waals surface area contributed by atoms with Gasteiger partial charge in [0.25, 0.3) is 5.91 Å². The smallest absolute Gasteiger partial charge is 0.251 e. The van der Waals surface area contributed by atoms with E-state index in [1.54, 1.807) is 17.0 Å². The summed E-state index contributed by atoms with van der Waals surface area (Å²) in [4.78, 5) is 25.5. The third-order valence-corrected chi connectivity index (χ3v) is 6.83. The second-order valence-electron chi connectivity index (χ2n) is 6.78. The molecular weight excluding hydrogens is 370 g/mol. The molecule has 0 radical (unpaired) electrons. The van der Waals surface area contributed by atoms with E-state index >= 15 is 0 Å². The molecule has 0 bridgehead atoms. The van der Waals surface area contributed by atoms with Crippen molar-refractivity contribution in [3.05, 3.63) is 29.8 Å². The Morgan fingerprint density at radius 2 is 1.96 bits per heavy atom. The number of hydrogen-bond acceptors (Lipinski definition) is 5. The SMILES string of the molecule is CC(=O)N1CCN(S(=O)(=O)c2cccc(C(=O)NCC3CCCO3)c2)CC1. The number of rotatable bonds is 5. The standard InChI is InChI=1S/C18H25N3O5S/c1-14(22)20-7-9-21(10-8-20)27(24,25)17-6-2-4-15(12-17)18(23)19-13-16-5-3-11-26-16/h2,4,6,12,16H,3,5,7-11,13H2,1H3,(H,19,23). The summed E-state index contributed by atoms with van der Waals surface area (Å²) >= 11 is 0. The highest BCUT2D eigenvalue weighted by Crippen LogP contribution is 2.19. The normalized spacial score (nSPS) is 21.2. The first-order valence-electron chi connectivity index (χ1n) is 9.13. The molecule has 2 saturated heterocycles. The van der Waals surface area contributed by atoms with Gasteiger partial charge in [0.15, 0.2) is 0 Å². The molecule has 27 heavy (non-hydrogen) atoms. The number of benzene rings is 1. The van der Waals surface area contributed by atoms with Gasteiger partial charge in [-0.3, -0.25) is 9.59 Å². The van der Waals surface area contributed by atoms with E-state index in [1.165, 1.54) is 23.4 Å². The van der Waals surface area contributed by atoms with E-state index in [0.29, 0.717) is 31.8 Å². The zero-order valence-corrected chi connectivity index (χ0v) is 16.2. The molecular formula is C18H25N3O5S. The number of piperazine rings is 1. The van der Waals surface area contributed by atoms with E-state index in [2.05, 4.69) is 5.32 Å². The lowest BCUT2D eigenvalue weighted by Gasteiger charge is -2.33. The van der Waals surface area contributed by atoms with Crippen LogP contribution < -0.4 is 5.32 Å². The highest BCUT2D eigenvalue weighted by atomic mass is 32.2. The molecule has 0 saturated carbocycles. The molecule has 8 nitrogen and oxygen atoms in total. The second-order valence-corrected chi connectivity index (χ2v) is 8.72. The molecule has 1 aromatic carbocycles. The van der Waals surface area contributed by atoms with Crippen molar-refractivity contribution in [2.45, 2.75) is 30.8 Å². The van der Waals surface area contributed by atoms with Crippen molar-refractivity contribution >= 4 is 21.8 Å². The zero-order valence-electron chi connectivity index (χ0n) is 15.4. The summed E-state index contributed by atoms with van der Waals surface area (Å²) in [7, 11) is -3.71. The van der Waals surface area contributed by atoms with Gasteiger partial charge in [0.2, 0.25) is 15.9 Å². The summed E-state index contributed by atoms with van der Waals surface area (Å²) in [6.45, 7) is 3.85. The number of carbonyl (C=O) groups excluding carboxylic acids is 2. The molecule has 9 heteroatoms. The average molecular weight is 395 g/mol.